The summed E-state index contributed by atoms with van der Waals surface area (Å²) in [5, 5.41) is 3.16. The Morgan fingerprint density at radius 2 is 2.15 bits per heavy atom. The minimum atomic E-state index is -0.150. The summed E-state index contributed by atoms with van der Waals surface area (Å²) in [6.45, 7) is 4.35. The molecule has 138 valence electrons. The number of piperidine rings is 1. The van der Waals surface area contributed by atoms with Gasteiger partial charge in [-0.1, -0.05) is 6.07 Å². The zero-order chi connectivity index (χ0) is 17.8. The molecule has 0 radical (unpaired) electrons. The van der Waals surface area contributed by atoms with Crippen LogP contribution in [0.2, 0.25) is 0 Å². The molecule has 26 heavy (non-hydrogen) atoms. The van der Waals surface area contributed by atoms with Gasteiger partial charge in [-0.05, 0) is 61.5 Å². The van der Waals surface area contributed by atoms with Gasteiger partial charge in [0, 0.05) is 25.5 Å². The second kappa shape index (κ2) is 7.60. The standard InChI is InChI=1S/C20H25N3O3/c24-19(17-4-2-11-26-17)22-18-15-25-12-7-20(18)5-9-23(10-6-20)14-16-3-1-8-21-13-16/h1-4,8,11,13,18H,5-7,9-10,12,14-15H2,(H,22,24)/t18-/m0/s1. The fourth-order valence-corrected chi connectivity index (χ4v) is 4.16. The number of nitrogens with zero attached hydrogens (tertiary/aromatic N) is 2. The number of likely N-dealkylation sites (tertiary alicyclic amines) is 1. The fraction of sp³-hybridized carbons (Fsp3) is 0.500. The number of pyridine rings is 1. The lowest BCUT2D eigenvalue weighted by Gasteiger charge is -2.49. The van der Waals surface area contributed by atoms with Crippen molar-refractivity contribution in [2.75, 3.05) is 26.3 Å². The summed E-state index contributed by atoms with van der Waals surface area (Å²) in [6, 6.07) is 7.58. The van der Waals surface area contributed by atoms with Crippen LogP contribution in [-0.2, 0) is 11.3 Å². The van der Waals surface area contributed by atoms with E-state index in [9.17, 15) is 4.79 Å². The van der Waals surface area contributed by atoms with E-state index in [4.69, 9.17) is 9.15 Å². The maximum atomic E-state index is 12.4. The molecule has 0 aliphatic carbocycles. The molecule has 1 amide bonds. The van der Waals surface area contributed by atoms with Gasteiger partial charge in [0.2, 0.25) is 0 Å². The smallest absolute Gasteiger partial charge is 0.287 e. The Kier molecular flexibility index (Phi) is 5.04. The number of furan rings is 1. The molecule has 2 fully saturated rings. The van der Waals surface area contributed by atoms with E-state index in [0.717, 1.165) is 45.5 Å². The lowest BCUT2D eigenvalue weighted by atomic mass is 9.69. The molecule has 0 saturated carbocycles. The predicted molar refractivity (Wildman–Crippen MR) is 96.6 cm³/mol. The van der Waals surface area contributed by atoms with Gasteiger partial charge in [-0.15, -0.1) is 0 Å². The van der Waals surface area contributed by atoms with Crippen LogP contribution in [-0.4, -0.2) is 48.1 Å². The van der Waals surface area contributed by atoms with E-state index in [2.05, 4.69) is 21.3 Å². The highest BCUT2D eigenvalue weighted by molar-refractivity contribution is 5.91. The van der Waals surface area contributed by atoms with Gasteiger partial charge in [0.1, 0.15) is 0 Å². The zero-order valence-electron chi connectivity index (χ0n) is 14.9. The van der Waals surface area contributed by atoms with Crippen molar-refractivity contribution in [3.63, 3.8) is 0 Å². The van der Waals surface area contributed by atoms with Gasteiger partial charge < -0.3 is 14.5 Å². The van der Waals surface area contributed by atoms with Gasteiger partial charge in [-0.2, -0.15) is 0 Å². The molecule has 2 aliphatic heterocycles. The van der Waals surface area contributed by atoms with Crippen molar-refractivity contribution in [2.45, 2.75) is 31.8 Å². The summed E-state index contributed by atoms with van der Waals surface area (Å²) in [7, 11) is 0. The molecule has 6 nitrogen and oxygen atoms in total. The van der Waals surface area contributed by atoms with Crippen LogP contribution in [0.25, 0.3) is 0 Å². The maximum Gasteiger partial charge on any atom is 0.287 e. The summed E-state index contributed by atoms with van der Waals surface area (Å²) in [5.74, 6) is 0.211. The lowest BCUT2D eigenvalue weighted by molar-refractivity contribution is -0.0491. The van der Waals surface area contributed by atoms with Gasteiger partial charge in [0.25, 0.3) is 5.91 Å². The molecule has 0 bridgehead atoms. The molecule has 1 spiro atoms. The third-order valence-electron chi connectivity index (χ3n) is 5.80. The summed E-state index contributed by atoms with van der Waals surface area (Å²) < 4.78 is 10.9. The Morgan fingerprint density at radius 1 is 1.27 bits per heavy atom. The second-order valence-corrected chi connectivity index (χ2v) is 7.33. The summed E-state index contributed by atoms with van der Waals surface area (Å²) in [4.78, 5) is 19.1. The van der Waals surface area contributed by atoms with Crippen LogP contribution in [0.1, 0.15) is 35.4 Å². The number of amides is 1. The first-order valence-corrected chi connectivity index (χ1v) is 9.29. The highest BCUT2D eigenvalue weighted by Gasteiger charge is 2.44. The molecular weight excluding hydrogens is 330 g/mol. The van der Waals surface area contributed by atoms with Crippen molar-refractivity contribution in [3.05, 3.63) is 54.2 Å². The third-order valence-corrected chi connectivity index (χ3v) is 5.80. The normalized spacial score (nSPS) is 23.0. The molecule has 2 saturated heterocycles. The predicted octanol–water partition coefficient (Wildman–Crippen LogP) is 2.48. The molecule has 0 aromatic carbocycles. The molecule has 1 N–H and O–H groups in total. The van der Waals surface area contributed by atoms with Gasteiger partial charge in [0.15, 0.2) is 5.76 Å². The third kappa shape index (κ3) is 3.66. The van der Waals surface area contributed by atoms with E-state index >= 15 is 0 Å². The average Bonchev–Trinajstić information content (AvgIpc) is 3.21. The van der Waals surface area contributed by atoms with Crippen LogP contribution in [0.4, 0.5) is 0 Å². The summed E-state index contributed by atoms with van der Waals surface area (Å²) >= 11 is 0. The van der Waals surface area contributed by atoms with Crippen molar-refractivity contribution < 1.29 is 13.9 Å². The topological polar surface area (TPSA) is 67.6 Å². The Balaban J connectivity index is 1.39. The largest absolute Gasteiger partial charge is 0.459 e. The fourth-order valence-electron chi connectivity index (χ4n) is 4.16. The molecule has 6 heteroatoms. The SMILES string of the molecule is O=C(N[C@H]1COCCC12CCN(Cc1cccnc1)CC2)c1ccco1. The molecule has 4 rings (SSSR count). The lowest BCUT2D eigenvalue weighted by Crippen LogP contribution is -2.57. The number of rotatable bonds is 4. The van der Waals surface area contributed by atoms with Crippen LogP contribution in [0.15, 0.2) is 47.3 Å². The quantitative estimate of drug-likeness (QED) is 0.913. The van der Waals surface area contributed by atoms with Gasteiger partial charge in [-0.25, -0.2) is 0 Å². The first-order chi connectivity index (χ1) is 12.8. The number of hydrogen-bond donors (Lipinski definition) is 1. The molecule has 2 aromatic rings. The number of ether oxygens (including phenoxy) is 1. The summed E-state index contributed by atoms with van der Waals surface area (Å²) in [5.41, 5.74) is 1.37. The highest BCUT2D eigenvalue weighted by Crippen LogP contribution is 2.41. The van der Waals surface area contributed by atoms with E-state index < -0.39 is 0 Å². The van der Waals surface area contributed by atoms with Crippen molar-refractivity contribution in [3.8, 4) is 0 Å². The van der Waals surface area contributed by atoms with Crippen molar-refractivity contribution in [2.24, 2.45) is 5.41 Å². The molecule has 2 aliphatic rings. The molecule has 0 unspecified atom stereocenters. The monoisotopic (exact) mass is 355 g/mol. The average molecular weight is 355 g/mol. The number of aromatic nitrogens is 1. The molecular formula is C20H25N3O3. The zero-order valence-corrected chi connectivity index (χ0v) is 14.9. The van der Waals surface area contributed by atoms with E-state index in [1.54, 1.807) is 12.1 Å². The van der Waals surface area contributed by atoms with E-state index in [1.165, 1.54) is 11.8 Å². The van der Waals surface area contributed by atoms with E-state index in [0.29, 0.717) is 12.4 Å². The maximum absolute atomic E-state index is 12.4. The van der Waals surface area contributed by atoms with Crippen molar-refractivity contribution in [1.82, 2.24) is 15.2 Å². The van der Waals surface area contributed by atoms with Crippen LogP contribution in [0.5, 0.6) is 0 Å². The van der Waals surface area contributed by atoms with Crippen LogP contribution >= 0.6 is 0 Å². The number of carbonyl (C=O) groups excluding carboxylic acids is 1. The Morgan fingerprint density at radius 3 is 2.88 bits per heavy atom. The first kappa shape index (κ1) is 17.2. The number of hydrogen-bond acceptors (Lipinski definition) is 5. The van der Waals surface area contributed by atoms with Crippen molar-refractivity contribution in [1.29, 1.82) is 0 Å². The molecule has 1 atom stereocenters. The van der Waals surface area contributed by atoms with Gasteiger partial charge >= 0.3 is 0 Å². The number of carbonyl (C=O) groups is 1. The number of nitrogens with one attached hydrogen (secondary N) is 1. The Hall–Kier alpha value is -2.18. The Labute approximate surface area is 153 Å². The van der Waals surface area contributed by atoms with Gasteiger partial charge in [0.05, 0.1) is 18.9 Å². The minimum absolute atomic E-state index is 0.0365. The first-order valence-electron chi connectivity index (χ1n) is 9.29. The van der Waals surface area contributed by atoms with Crippen LogP contribution in [0, 0.1) is 5.41 Å². The minimum Gasteiger partial charge on any atom is -0.459 e. The van der Waals surface area contributed by atoms with Crippen LogP contribution in [0.3, 0.4) is 0 Å². The van der Waals surface area contributed by atoms with E-state index in [1.807, 2.05) is 18.5 Å². The molecule has 2 aromatic heterocycles. The molecule has 4 heterocycles. The van der Waals surface area contributed by atoms with E-state index in [-0.39, 0.29) is 17.4 Å². The second-order valence-electron chi connectivity index (χ2n) is 7.33. The highest BCUT2D eigenvalue weighted by atomic mass is 16.5. The Bertz CT molecular complexity index is 709. The summed E-state index contributed by atoms with van der Waals surface area (Å²) in [6.07, 6.45) is 8.41. The van der Waals surface area contributed by atoms with Crippen LogP contribution < -0.4 is 5.32 Å². The van der Waals surface area contributed by atoms with Gasteiger partial charge in [-0.3, -0.25) is 14.7 Å². The van der Waals surface area contributed by atoms with Crippen molar-refractivity contribution >= 4 is 5.91 Å².